The molecule has 6 heteroatoms. The van der Waals surface area contributed by atoms with Crippen LogP contribution in [0.4, 0.5) is 11.8 Å². The van der Waals surface area contributed by atoms with E-state index < -0.39 is 0 Å². The molecule has 0 spiro atoms. The lowest BCUT2D eigenvalue weighted by Crippen LogP contribution is -2.23. The van der Waals surface area contributed by atoms with Crippen molar-refractivity contribution in [3.8, 4) is 5.75 Å². The lowest BCUT2D eigenvalue weighted by molar-refractivity contribution is 0.410. The van der Waals surface area contributed by atoms with E-state index in [4.69, 9.17) is 4.74 Å². The summed E-state index contributed by atoms with van der Waals surface area (Å²) >= 11 is 0. The molecule has 1 aliphatic rings. The minimum absolute atomic E-state index is 0.511. The lowest BCUT2D eigenvalue weighted by Gasteiger charge is -2.23. The van der Waals surface area contributed by atoms with Gasteiger partial charge >= 0.3 is 0 Å². The molecule has 0 bridgehead atoms. The molecule has 1 heterocycles. The monoisotopic (exact) mass is 327 g/mol. The first-order valence-corrected chi connectivity index (χ1v) is 8.67. The zero-order valence-corrected chi connectivity index (χ0v) is 14.2. The quantitative estimate of drug-likeness (QED) is 0.813. The molecule has 6 nitrogen and oxygen atoms in total. The Labute approximate surface area is 143 Å². The van der Waals surface area contributed by atoms with Crippen molar-refractivity contribution in [2.45, 2.75) is 44.6 Å². The average molecular weight is 327 g/mol. The van der Waals surface area contributed by atoms with Crippen LogP contribution in [-0.2, 0) is 6.42 Å². The summed E-state index contributed by atoms with van der Waals surface area (Å²) in [5.74, 6) is 2.27. The molecule has 1 fully saturated rings. The Balaban J connectivity index is 1.52. The number of hydrogen-bond donors (Lipinski definition) is 2. The van der Waals surface area contributed by atoms with Gasteiger partial charge < -0.3 is 15.4 Å². The number of nitrogens with one attached hydrogen (secondary N) is 2. The molecular formula is C18H25N5O. The normalized spacial score (nSPS) is 15.0. The summed E-state index contributed by atoms with van der Waals surface area (Å²) in [6, 6.07) is 8.55. The zero-order valence-electron chi connectivity index (χ0n) is 14.2. The van der Waals surface area contributed by atoms with Crippen molar-refractivity contribution in [2.75, 3.05) is 24.3 Å². The van der Waals surface area contributed by atoms with Crippen molar-refractivity contribution in [3.63, 3.8) is 0 Å². The number of hydrogen-bond acceptors (Lipinski definition) is 6. The maximum atomic E-state index is 5.37. The van der Waals surface area contributed by atoms with Crippen LogP contribution in [0.1, 0.15) is 37.7 Å². The summed E-state index contributed by atoms with van der Waals surface area (Å²) < 4.78 is 5.37. The number of para-hydroxylation sites is 1. The van der Waals surface area contributed by atoms with Gasteiger partial charge in [0.2, 0.25) is 5.95 Å². The summed E-state index contributed by atoms with van der Waals surface area (Å²) in [4.78, 5) is 4.51. The molecule has 0 radical (unpaired) electrons. The van der Waals surface area contributed by atoms with Gasteiger partial charge in [-0.15, -0.1) is 5.10 Å². The van der Waals surface area contributed by atoms with Crippen molar-refractivity contribution in [2.24, 2.45) is 0 Å². The van der Waals surface area contributed by atoms with E-state index in [9.17, 15) is 0 Å². The number of methoxy groups -OCH3 is 1. The van der Waals surface area contributed by atoms with E-state index in [2.05, 4.69) is 31.9 Å². The van der Waals surface area contributed by atoms with Gasteiger partial charge in [0, 0.05) is 12.6 Å². The molecule has 2 N–H and O–H groups in total. The third-order valence-electron chi connectivity index (χ3n) is 4.39. The molecular weight excluding hydrogens is 302 g/mol. The van der Waals surface area contributed by atoms with Gasteiger partial charge in [0.1, 0.15) is 5.75 Å². The third kappa shape index (κ3) is 4.57. The van der Waals surface area contributed by atoms with E-state index in [1.165, 1.54) is 32.1 Å². The smallest absolute Gasteiger partial charge is 0.244 e. The molecule has 1 saturated carbocycles. The maximum Gasteiger partial charge on any atom is 0.244 e. The van der Waals surface area contributed by atoms with Crippen molar-refractivity contribution in [1.82, 2.24) is 15.2 Å². The second-order valence-corrected chi connectivity index (χ2v) is 6.13. The largest absolute Gasteiger partial charge is 0.496 e. The molecule has 3 rings (SSSR count). The van der Waals surface area contributed by atoms with Crippen molar-refractivity contribution in [3.05, 3.63) is 36.0 Å². The maximum absolute atomic E-state index is 5.37. The van der Waals surface area contributed by atoms with Crippen molar-refractivity contribution < 1.29 is 4.74 Å². The molecule has 0 atom stereocenters. The van der Waals surface area contributed by atoms with Crippen LogP contribution >= 0.6 is 0 Å². The first-order valence-electron chi connectivity index (χ1n) is 8.67. The number of nitrogens with zero attached hydrogens (tertiary/aromatic N) is 3. The highest BCUT2D eigenvalue weighted by Gasteiger charge is 2.14. The van der Waals surface area contributed by atoms with Crippen molar-refractivity contribution >= 4 is 11.8 Å². The van der Waals surface area contributed by atoms with Crippen LogP contribution in [0.25, 0.3) is 0 Å². The first-order chi connectivity index (χ1) is 11.8. The predicted octanol–water partition coefficient (Wildman–Crippen LogP) is 3.28. The van der Waals surface area contributed by atoms with Crippen LogP contribution in [0.3, 0.4) is 0 Å². The van der Waals surface area contributed by atoms with Crippen LogP contribution in [0.5, 0.6) is 5.75 Å². The lowest BCUT2D eigenvalue weighted by atomic mass is 9.96. The Bertz CT molecular complexity index is 643. The molecule has 2 aromatic rings. The van der Waals surface area contributed by atoms with Crippen LogP contribution in [0, 0.1) is 0 Å². The summed E-state index contributed by atoms with van der Waals surface area (Å²) in [7, 11) is 1.69. The highest BCUT2D eigenvalue weighted by Crippen LogP contribution is 2.21. The highest BCUT2D eigenvalue weighted by atomic mass is 16.5. The Morgan fingerprint density at radius 1 is 1.17 bits per heavy atom. The van der Waals surface area contributed by atoms with E-state index in [0.29, 0.717) is 12.0 Å². The van der Waals surface area contributed by atoms with Gasteiger partial charge in [-0.1, -0.05) is 37.5 Å². The van der Waals surface area contributed by atoms with Crippen LogP contribution in [-0.4, -0.2) is 34.9 Å². The number of aromatic nitrogens is 3. The highest BCUT2D eigenvalue weighted by molar-refractivity contribution is 5.39. The van der Waals surface area contributed by atoms with Crippen LogP contribution in [0.15, 0.2) is 30.5 Å². The van der Waals surface area contributed by atoms with E-state index in [0.717, 1.165) is 30.1 Å². The number of anilines is 2. The van der Waals surface area contributed by atoms with Gasteiger partial charge in [0.25, 0.3) is 0 Å². The second-order valence-electron chi connectivity index (χ2n) is 6.13. The predicted molar refractivity (Wildman–Crippen MR) is 95.5 cm³/mol. The fraction of sp³-hybridized carbons (Fsp3) is 0.500. The van der Waals surface area contributed by atoms with Crippen LogP contribution in [0.2, 0.25) is 0 Å². The fourth-order valence-electron chi connectivity index (χ4n) is 3.12. The third-order valence-corrected chi connectivity index (χ3v) is 4.39. The van der Waals surface area contributed by atoms with E-state index in [-0.39, 0.29) is 0 Å². The van der Waals surface area contributed by atoms with Crippen LogP contribution < -0.4 is 15.4 Å². The van der Waals surface area contributed by atoms with E-state index >= 15 is 0 Å². The summed E-state index contributed by atoms with van der Waals surface area (Å²) in [6.45, 7) is 0.731. The summed E-state index contributed by atoms with van der Waals surface area (Å²) in [5, 5.41) is 14.8. The Hall–Kier alpha value is -2.37. The Morgan fingerprint density at radius 2 is 2.00 bits per heavy atom. The summed E-state index contributed by atoms with van der Waals surface area (Å²) in [6.07, 6.45) is 8.88. The molecule has 0 aliphatic heterocycles. The molecule has 1 aromatic carbocycles. The minimum atomic E-state index is 0.511. The average Bonchev–Trinajstić information content (AvgIpc) is 2.63. The van der Waals surface area contributed by atoms with Crippen molar-refractivity contribution in [1.29, 1.82) is 0 Å². The molecule has 0 saturated heterocycles. The fourth-order valence-corrected chi connectivity index (χ4v) is 3.12. The number of ether oxygens (including phenoxy) is 1. The van der Waals surface area contributed by atoms with Gasteiger partial charge in [0.15, 0.2) is 5.82 Å². The molecule has 0 unspecified atom stereocenters. The molecule has 1 aliphatic carbocycles. The number of rotatable bonds is 7. The Morgan fingerprint density at radius 3 is 2.83 bits per heavy atom. The molecule has 24 heavy (non-hydrogen) atoms. The van der Waals surface area contributed by atoms with Gasteiger partial charge in [-0.2, -0.15) is 10.1 Å². The molecule has 1 aromatic heterocycles. The molecule has 0 amide bonds. The van der Waals surface area contributed by atoms with Gasteiger partial charge in [-0.25, -0.2) is 0 Å². The Kier molecular flexibility index (Phi) is 5.82. The number of benzene rings is 1. The van der Waals surface area contributed by atoms with E-state index in [1.807, 2.05) is 18.2 Å². The van der Waals surface area contributed by atoms with Gasteiger partial charge in [-0.05, 0) is 30.9 Å². The van der Waals surface area contributed by atoms with Gasteiger partial charge in [0.05, 0.1) is 13.3 Å². The SMILES string of the molecule is COc1ccccc1CCNc1nncc(NC2CCCCC2)n1. The molecule has 128 valence electrons. The second kappa shape index (κ2) is 8.47. The van der Waals surface area contributed by atoms with Gasteiger partial charge in [-0.3, -0.25) is 0 Å². The summed E-state index contributed by atoms with van der Waals surface area (Å²) in [5.41, 5.74) is 1.16. The standard InChI is InChI=1S/C18H25N5O/c1-24-16-10-6-5-7-14(16)11-12-19-18-22-17(13-20-23-18)21-15-8-3-2-4-9-15/h5-7,10,13,15H,2-4,8-9,11-12H2,1H3,(H2,19,21,22,23). The topological polar surface area (TPSA) is 72.0 Å². The first kappa shape index (κ1) is 16.5. The van der Waals surface area contributed by atoms with E-state index in [1.54, 1.807) is 13.3 Å². The zero-order chi connectivity index (χ0) is 16.6. The minimum Gasteiger partial charge on any atom is -0.496 e.